The Labute approximate surface area is 189 Å². The van der Waals surface area contributed by atoms with Crippen molar-refractivity contribution in [1.29, 1.82) is 0 Å². The van der Waals surface area contributed by atoms with Crippen molar-refractivity contribution in [2.75, 3.05) is 7.05 Å². The Morgan fingerprint density at radius 1 is 1.28 bits per heavy atom. The summed E-state index contributed by atoms with van der Waals surface area (Å²) >= 11 is 0. The zero-order chi connectivity index (χ0) is 19.5. The van der Waals surface area contributed by atoms with Crippen molar-refractivity contribution in [1.82, 2.24) is 25.4 Å². The van der Waals surface area contributed by atoms with E-state index in [1.54, 1.807) is 7.05 Å². The Hall–Kier alpha value is -1.84. The molecule has 1 aliphatic heterocycles. The molecule has 8 heteroatoms. The molecule has 3 N–H and O–H groups in total. The van der Waals surface area contributed by atoms with Gasteiger partial charge in [-0.3, -0.25) is 4.99 Å². The van der Waals surface area contributed by atoms with E-state index in [-0.39, 0.29) is 30.0 Å². The van der Waals surface area contributed by atoms with E-state index in [1.165, 1.54) is 24.0 Å². The van der Waals surface area contributed by atoms with E-state index in [4.69, 9.17) is 0 Å². The number of hydrogen-bond acceptors (Lipinski definition) is 4. The summed E-state index contributed by atoms with van der Waals surface area (Å²) in [6, 6.07) is 4.17. The number of aliphatic imine (C=N–C) groups is 1. The van der Waals surface area contributed by atoms with Crippen LogP contribution >= 0.6 is 24.0 Å². The summed E-state index contributed by atoms with van der Waals surface area (Å²) in [5, 5.41) is 21.9. The van der Waals surface area contributed by atoms with Gasteiger partial charge in [0.05, 0.1) is 6.54 Å². The number of phenols is 1. The summed E-state index contributed by atoms with van der Waals surface area (Å²) in [6.07, 6.45) is 7.38. The van der Waals surface area contributed by atoms with Gasteiger partial charge in [0, 0.05) is 38.0 Å². The summed E-state index contributed by atoms with van der Waals surface area (Å²) in [6.45, 7) is 3.46. The van der Waals surface area contributed by atoms with Crippen molar-refractivity contribution < 1.29 is 5.11 Å². The number of aromatic hydroxyl groups is 1. The largest absolute Gasteiger partial charge is 0.508 e. The fraction of sp³-hybridized carbons (Fsp3) is 0.571. The van der Waals surface area contributed by atoms with Crippen LogP contribution in [0.15, 0.2) is 17.1 Å². The maximum atomic E-state index is 10.4. The van der Waals surface area contributed by atoms with Crippen LogP contribution < -0.4 is 10.6 Å². The SMILES string of the molecule is CCc1nc2n(n1)CC(NC(=NC)NCc1c(O)ccc3c1CCCC3)CC2.I. The molecule has 1 aromatic carbocycles. The molecular weight excluding hydrogens is 479 g/mol. The molecule has 2 aliphatic rings. The molecule has 0 radical (unpaired) electrons. The number of halogens is 1. The third-order valence-corrected chi connectivity index (χ3v) is 5.84. The molecule has 29 heavy (non-hydrogen) atoms. The van der Waals surface area contributed by atoms with Gasteiger partial charge in [0.15, 0.2) is 11.8 Å². The maximum absolute atomic E-state index is 10.4. The van der Waals surface area contributed by atoms with Crippen molar-refractivity contribution in [2.45, 2.75) is 71.0 Å². The van der Waals surface area contributed by atoms with Crippen molar-refractivity contribution in [3.63, 3.8) is 0 Å². The van der Waals surface area contributed by atoms with E-state index in [0.717, 1.165) is 61.8 Å². The molecule has 4 rings (SSSR count). The Balaban J connectivity index is 0.00000240. The van der Waals surface area contributed by atoms with E-state index in [1.807, 2.05) is 10.7 Å². The van der Waals surface area contributed by atoms with Crippen molar-refractivity contribution in [3.8, 4) is 5.75 Å². The smallest absolute Gasteiger partial charge is 0.191 e. The van der Waals surface area contributed by atoms with Gasteiger partial charge >= 0.3 is 0 Å². The molecule has 0 spiro atoms. The number of nitrogens with one attached hydrogen (secondary N) is 2. The number of rotatable bonds is 4. The van der Waals surface area contributed by atoms with Gasteiger partial charge in [0.1, 0.15) is 11.6 Å². The quantitative estimate of drug-likeness (QED) is 0.335. The molecule has 2 aromatic rings. The summed E-state index contributed by atoms with van der Waals surface area (Å²) in [5.74, 6) is 3.14. The summed E-state index contributed by atoms with van der Waals surface area (Å²) in [4.78, 5) is 8.96. The van der Waals surface area contributed by atoms with Gasteiger partial charge in [-0.15, -0.1) is 24.0 Å². The summed E-state index contributed by atoms with van der Waals surface area (Å²) < 4.78 is 2.02. The molecule has 0 amide bonds. The van der Waals surface area contributed by atoms with Gasteiger partial charge in [-0.25, -0.2) is 9.67 Å². The van der Waals surface area contributed by atoms with Gasteiger partial charge < -0.3 is 15.7 Å². The van der Waals surface area contributed by atoms with E-state index in [9.17, 15) is 5.11 Å². The molecule has 0 saturated heterocycles. The average molecular weight is 510 g/mol. The highest BCUT2D eigenvalue weighted by Crippen LogP contribution is 2.30. The monoisotopic (exact) mass is 510 g/mol. The van der Waals surface area contributed by atoms with Crippen molar-refractivity contribution in [3.05, 3.63) is 40.5 Å². The van der Waals surface area contributed by atoms with Gasteiger partial charge in [-0.1, -0.05) is 13.0 Å². The lowest BCUT2D eigenvalue weighted by molar-refractivity contribution is 0.392. The highest BCUT2D eigenvalue weighted by Gasteiger charge is 2.22. The second kappa shape index (κ2) is 9.77. The average Bonchev–Trinajstić information content (AvgIpc) is 3.14. The predicted molar refractivity (Wildman–Crippen MR) is 125 cm³/mol. The van der Waals surface area contributed by atoms with Crippen molar-refractivity contribution >= 4 is 29.9 Å². The number of aryl methyl sites for hydroxylation is 3. The first-order valence-electron chi connectivity index (χ1n) is 10.4. The van der Waals surface area contributed by atoms with Crippen LogP contribution in [-0.2, 0) is 38.8 Å². The fourth-order valence-electron chi connectivity index (χ4n) is 4.28. The van der Waals surface area contributed by atoms with Gasteiger partial charge in [0.25, 0.3) is 0 Å². The van der Waals surface area contributed by atoms with Crippen molar-refractivity contribution in [2.24, 2.45) is 4.99 Å². The number of fused-ring (bicyclic) bond motifs is 2. The van der Waals surface area contributed by atoms with Crippen LogP contribution in [0.1, 0.15) is 54.5 Å². The number of benzene rings is 1. The second-order valence-corrected chi connectivity index (χ2v) is 7.69. The third kappa shape index (κ3) is 4.84. The molecule has 1 atom stereocenters. The Kier molecular flexibility index (Phi) is 7.37. The predicted octanol–water partition coefficient (Wildman–Crippen LogP) is 2.72. The third-order valence-electron chi connectivity index (χ3n) is 5.84. The van der Waals surface area contributed by atoms with E-state index in [2.05, 4.69) is 38.7 Å². The molecule has 1 aromatic heterocycles. The van der Waals surface area contributed by atoms with E-state index in [0.29, 0.717) is 12.3 Å². The lowest BCUT2D eigenvalue weighted by atomic mass is 9.88. The molecule has 2 heterocycles. The van der Waals surface area contributed by atoms with Gasteiger partial charge in [-0.05, 0) is 49.3 Å². The van der Waals surface area contributed by atoms with Gasteiger partial charge in [-0.2, -0.15) is 5.10 Å². The van der Waals surface area contributed by atoms with Crippen LogP contribution in [0.5, 0.6) is 5.75 Å². The first-order valence-corrected chi connectivity index (χ1v) is 10.4. The highest BCUT2D eigenvalue weighted by atomic mass is 127. The molecule has 0 bridgehead atoms. The van der Waals surface area contributed by atoms with E-state index < -0.39 is 0 Å². The summed E-state index contributed by atoms with van der Waals surface area (Å²) in [5.41, 5.74) is 3.70. The second-order valence-electron chi connectivity index (χ2n) is 7.69. The standard InChI is InChI=1S/C21H30N6O.HI/c1-3-19-25-20-11-9-15(13-27(20)26-19)24-21(22-2)23-12-17-16-7-5-4-6-14(16)8-10-18(17)28;/h8,10,15,28H,3-7,9,11-13H2,1-2H3,(H2,22,23,24);1H. The minimum absolute atomic E-state index is 0. The first kappa shape index (κ1) is 21.9. The molecule has 7 nitrogen and oxygen atoms in total. The zero-order valence-electron chi connectivity index (χ0n) is 17.2. The molecule has 158 valence electrons. The first-order chi connectivity index (χ1) is 13.7. The van der Waals surface area contributed by atoms with Crippen LogP contribution in [0.3, 0.4) is 0 Å². The Morgan fingerprint density at radius 2 is 2.10 bits per heavy atom. The van der Waals surface area contributed by atoms with Gasteiger partial charge in [0.2, 0.25) is 0 Å². The normalized spacial score (nSPS) is 18.4. The molecular formula is C21H31IN6O. The Bertz CT molecular complexity index is 878. The topological polar surface area (TPSA) is 87.4 Å². The molecule has 0 fully saturated rings. The molecule has 0 saturated carbocycles. The molecule has 1 aliphatic carbocycles. The number of aromatic nitrogens is 3. The van der Waals surface area contributed by atoms with E-state index >= 15 is 0 Å². The summed E-state index contributed by atoms with van der Waals surface area (Å²) in [7, 11) is 1.79. The fourth-order valence-corrected chi connectivity index (χ4v) is 4.28. The van der Waals surface area contributed by atoms with Crippen LogP contribution in [0.4, 0.5) is 0 Å². The molecule has 1 unspecified atom stereocenters. The number of guanidine groups is 1. The number of phenolic OH excluding ortho intramolecular Hbond substituents is 1. The number of nitrogens with zero attached hydrogens (tertiary/aromatic N) is 4. The maximum Gasteiger partial charge on any atom is 0.191 e. The van der Waals surface area contributed by atoms with Crippen LogP contribution in [0.25, 0.3) is 0 Å². The number of hydrogen-bond donors (Lipinski definition) is 3. The lowest BCUT2D eigenvalue weighted by Crippen LogP contribution is -2.46. The highest BCUT2D eigenvalue weighted by molar-refractivity contribution is 14.0. The minimum atomic E-state index is 0. The minimum Gasteiger partial charge on any atom is -0.508 e. The Morgan fingerprint density at radius 3 is 2.90 bits per heavy atom. The van der Waals surface area contributed by atoms with Crippen LogP contribution in [-0.4, -0.2) is 38.9 Å². The van der Waals surface area contributed by atoms with Crippen LogP contribution in [0.2, 0.25) is 0 Å². The van der Waals surface area contributed by atoms with Crippen LogP contribution in [0, 0.1) is 0 Å². The zero-order valence-corrected chi connectivity index (χ0v) is 19.6. The lowest BCUT2D eigenvalue weighted by Gasteiger charge is -2.26.